The van der Waals surface area contributed by atoms with E-state index < -0.39 is 6.10 Å². The number of fused-ring (bicyclic) bond motifs is 1. The third-order valence-electron chi connectivity index (χ3n) is 6.29. The number of aryl methyl sites for hydroxylation is 3. The maximum Gasteiger partial charge on any atom is 0.254 e. The van der Waals surface area contributed by atoms with Gasteiger partial charge in [-0.1, -0.05) is 30.3 Å². The minimum atomic E-state index is -0.666. The average Bonchev–Trinajstić information content (AvgIpc) is 3.27. The van der Waals surface area contributed by atoms with Gasteiger partial charge in [-0.25, -0.2) is 0 Å². The number of rotatable bonds is 8. The lowest BCUT2D eigenvalue weighted by Gasteiger charge is -2.30. The van der Waals surface area contributed by atoms with Crippen LogP contribution in [-0.4, -0.2) is 45.1 Å². The molecule has 1 atom stereocenters. The van der Waals surface area contributed by atoms with Gasteiger partial charge in [0, 0.05) is 57.8 Å². The number of nitrogens with zero attached hydrogens (tertiary/aromatic N) is 4. The highest BCUT2D eigenvalue weighted by atomic mass is 16.5. The molecule has 8 heteroatoms. The highest BCUT2D eigenvalue weighted by Crippen LogP contribution is 2.25. The number of carbonyl (C=O) groups excluding carboxylic acids is 2. The van der Waals surface area contributed by atoms with E-state index in [1.54, 1.807) is 4.68 Å². The van der Waals surface area contributed by atoms with Gasteiger partial charge < -0.3 is 15.0 Å². The van der Waals surface area contributed by atoms with Crippen LogP contribution in [0.25, 0.3) is 0 Å². The Morgan fingerprint density at radius 3 is 2.68 bits per heavy atom. The average molecular weight is 462 g/mol. The quantitative estimate of drug-likeness (QED) is 0.557. The molecule has 0 spiro atoms. The highest BCUT2D eigenvalue weighted by Gasteiger charge is 2.25. The molecule has 178 valence electrons. The lowest BCUT2D eigenvalue weighted by Crippen LogP contribution is -2.37. The van der Waals surface area contributed by atoms with E-state index in [9.17, 15) is 9.59 Å². The Bertz CT molecular complexity index is 1160. The first kappa shape index (κ1) is 23.6. The summed E-state index contributed by atoms with van der Waals surface area (Å²) < 4.78 is 7.25. The van der Waals surface area contributed by atoms with E-state index in [1.165, 1.54) is 12.7 Å². The Morgan fingerprint density at radius 2 is 1.97 bits per heavy atom. The van der Waals surface area contributed by atoms with Crippen molar-refractivity contribution in [2.24, 2.45) is 0 Å². The topological polar surface area (TPSA) is 89.4 Å². The fourth-order valence-electron chi connectivity index (χ4n) is 4.42. The second-order valence-electron chi connectivity index (χ2n) is 8.61. The van der Waals surface area contributed by atoms with Crippen LogP contribution in [0.15, 0.2) is 48.8 Å². The molecule has 0 saturated heterocycles. The van der Waals surface area contributed by atoms with E-state index in [4.69, 9.17) is 4.74 Å². The predicted molar refractivity (Wildman–Crippen MR) is 128 cm³/mol. The Balaban J connectivity index is 1.40. The Labute approximate surface area is 199 Å². The number of aromatic nitrogens is 3. The molecule has 0 aliphatic carbocycles. The van der Waals surface area contributed by atoms with E-state index in [1.807, 2.05) is 67.5 Å². The second kappa shape index (κ2) is 10.6. The minimum Gasteiger partial charge on any atom is -0.367 e. The molecule has 0 fully saturated rings. The molecular weight excluding hydrogens is 430 g/mol. The third-order valence-corrected chi connectivity index (χ3v) is 6.29. The molecule has 1 aliphatic rings. The van der Waals surface area contributed by atoms with Crippen molar-refractivity contribution in [3.8, 4) is 0 Å². The van der Waals surface area contributed by atoms with Crippen molar-refractivity contribution in [2.75, 3.05) is 13.7 Å². The number of nitrogens with one attached hydrogen (secondary N) is 1. The summed E-state index contributed by atoms with van der Waals surface area (Å²) in [5.74, 6) is -0.0767. The molecule has 1 unspecified atom stereocenters. The summed E-state index contributed by atoms with van der Waals surface area (Å²) in [6, 6.07) is 11.4. The molecule has 3 heterocycles. The zero-order chi connectivity index (χ0) is 24.1. The predicted octanol–water partition coefficient (Wildman–Crippen LogP) is 2.87. The van der Waals surface area contributed by atoms with Gasteiger partial charge in [0.1, 0.15) is 0 Å². The van der Waals surface area contributed by atoms with E-state index >= 15 is 0 Å². The zero-order valence-corrected chi connectivity index (χ0v) is 20.0. The molecule has 1 N–H and O–H groups in total. The molecule has 0 radical (unpaired) electrons. The van der Waals surface area contributed by atoms with Gasteiger partial charge in [0.05, 0.1) is 5.69 Å². The standard InChI is InChI=1S/C26H31N5O3/c1-18-9-13-31(29-18)14-11-24(32)30-12-10-22-21(17-30)15-27-19(2)23(22)16-28-26(33)25(34-3)20-7-5-4-6-8-20/h4-9,13,15,25H,10-12,14,16-17H2,1-3H3,(H,28,33). The van der Waals surface area contributed by atoms with Crippen molar-refractivity contribution >= 4 is 11.8 Å². The Hall–Kier alpha value is -3.52. The molecule has 34 heavy (non-hydrogen) atoms. The monoisotopic (exact) mass is 461 g/mol. The number of hydrogen-bond donors (Lipinski definition) is 1. The molecule has 8 nitrogen and oxygen atoms in total. The number of hydrogen-bond acceptors (Lipinski definition) is 5. The van der Waals surface area contributed by atoms with Gasteiger partial charge >= 0.3 is 0 Å². The van der Waals surface area contributed by atoms with Crippen LogP contribution in [0.3, 0.4) is 0 Å². The molecule has 1 aliphatic heterocycles. The molecule has 2 amide bonds. The number of methoxy groups -OCH3 is 1. The number of benzene rings is 1. The largest absolute Gasteiger partial charge is 0.367 e. The van der Waals surface area contributed by atoms with Crippen LogP contribution in [0.4, 0.5) is 0 Å². The van der Waals surface area contributed by atoms with Crippen LogP contribution < -0.4 is 5.32 Å². The van der Waals surface area contributed by atoms with Crippen LogP contribution in [0, 0.1) is 13.8 Å². The molecule has 4 rings (SSSR count). The number of amides is 2. The van der Waals surface area contributed by atoms with E-state index in [-0.39, 0.29) is 11.8 Å². The van der Waals surface area contributed by atoms with Crippen LogP contribution in [-0.2, 0) is 40.4 Å². The second-order valence-corrected chi connectivity index (χ2v) is 8.61. The summed E-state index contributed by atoms with van der Waals surface area (Å²) in [6.07, 6.45) is 4.24. The lowest BCUT2D eigenvalue weighted by molar-refractivity contribution is -0.132. The highest BCUT2D eigenvalue weighted by molar-refractivity contribution is 5.82. The van der Waals surface area contributed by atoms with Crippen molar-refractivity contribution in [2.45, 2.75) is 52.4 Å². The van der Waals surface area contributed by atoms with Crippen molar-refractivity contribution in [3.05, 3.63) is 82.4 Å². The zero-order valence-electron chi connectivity index (χ0n) is 20.0. The minimum absolute atomic E-state index is 0.111. The van der Waals surface area contributed by atoms with E-state index in [2.05, 4.69) is 15.4 Å². The third kappa shape index (κ3) is 5.34. The molecular formula is C26H31N5O3. The van der Waals surface area contributed by atoms with Crippen LogP contribution in [0.1, 0.15) is 46.2 Å². The normalized spacial score (nSPS) is 13.9. The SMILES string of the molecule is COC(C(=O)NCc1c(C)ncc2c1CCN(C(=O)CCn1ccc(C)n1)C2)c1ccccc1. The summed E-state index contributed by atoms with van der Waals surface area (Å²) in [7, 11) is 1.54. The van der Waals surface area contributed by atoms with Gasteiger partial charge in [-0.2, -0.15) is 5.10 Å². The lowest BCUT2D eigenvalue weighted by atomic mass is 9.94. The van der Waals surface area contributed by atoms with Gasteiger partial charge in [-0.15, -0.1) is 0 Å². The smallest absolute Gasteiger partial charge is 0.254 e. The molecule has 2 aromatic heterocycles. The summed E-state index contributed by atoms with van der Waals surface area (Å²) in [5, 5.41) is 7.37. The van der Waals surface area contributed by atoms with Crippen LogP contribution >= 0.6 is 0 Å². The van der Waals surface area contributed by atoms with Gasteiger partial charge in [0.2, 0.25) is 5.91 Å². The maximum absolute atomic E-state index is 12.8. The van der Waals surface area contributed by atoms with Crippen LogP contribution in [0.2, 0.25) is 0 Å². The summed E-state index contributed by atoms with van der Waals surface area (Å²) in [6.45, 7) is 6.02. The number of ether oxygens (including phenoxy) is 1. The van der Waals surface area contributed by atoms with Crippen molar-refractivity contribution < 1.29 is 14.3 Å². The molecule has 0 bridgehead atoms. The van der Waals surface area contributed by atoms with E-state index in [0.717, 1.165) is 34.5 Å². The van der Waals surface area contributed by atoms with Gasteiger partial charge in [-0.05, 0) is 48.6 Å². The Kier molecular flexibility index (Phi) is 7.37. The summed E-state index contributed by atoms with van der Waals surface area (Å²) in [4.78, 5) is 32.1. The van der Waals surface area contributed by atoms with Crippen LogP contribution in [0.5, 0.6) is 0 Å². The molecule has 3 aromatic rings. The summed E-state index contributed by atoms with van der Waals surface area (Å²) in [5.41, 5.74) is 5.88. The van der Waals surface area contributed by atoms with Gasteiger partial charge in [0.25, 0.3) is 5.91 Å². The van der Waals surface area contributed by atoms with Gasteiger partial charge in [0.15, 0.2) is 6.10 Å². The fraction of sp³-hybridized carbons (Fsp3) is 0.385. The fourth-order valence-corrected chi connectivity index (χ4v) is 4.42. The first-order valence-corrected chi connectivity index (χ1v) is 11.6. The maximum atomic E-state index is 12.8. The Morgan fingerprint density at radius 1 is 1.18 bits per heavy atom. The number of carbonyl (C=O) groups is 2. The van der Waals surface area contributed by atoms with E-state index in [0.29, 0.717) is 32.6 Å². The molecule has 0 saturated carbocycles. The van der Waals surface area contributed by atoms with Crippen molar-refractivity contribution in [1.29, 1.82) is 0 Å². The first-order valence-electron chi connectivity index (χ1n) is 11.6. The van der Waals surface area contributed by atoms with Crippen molar-refractivity contribution in [1.82, 2.24) is 25.0 Å². The first-order chi connectivity index (χ1) is 16.5. The van der Waals surface area contributed by atoms with Gasteiger partial charge in [-0.3, -0.25) is 19.3 Å². The number of pyridine rings is 1. The molecule has 1 aromatic carbocycles. The van der Waals surface area contributed by atoms with Crippen molar-refractivity contribution in [3.63, 3.8) is 0 Å². The summed E-state index contributed by atoms with van der Waals surface area (Å²) >= 11 is 0.